The zero-order chi connectivity index (χ0) is 21.6. The molecule has 0 unspecified atom stereocenters. The van der Waals surface area contributed by atoms with Crippen LogP contribution in [0.15, 0.2) is 24.3 Å². The van der Waals surface area contributed by atoms with Crippen LogP contribution in [0.5, 0.6) is 0 Å². The maximum atomic E-state index is 13.1. The van der Waals surface area contributed by atoms with Crippen molar-refractivity contribution in [3.05, 3.63) is 35.6 Å². The van der Waals surface area contributed by atoms with Gasteiger partial charge in [-0.15, -0.1) is 0 Å². The predicted octanol–water partition coefficient (Wildman–Crippen LogP) is 3.28. The first-order valence-electron chi connectivity index (χ1n) is 10.3. The Morgan fingerprint density at radius 3 is 2.17 bits per heavy atom. The van der Waals surface area contributed by atoms with Gasteiger partial charge in [0, 0.05) is 13.3 Å². The van der Waals surface area contributed by atoms with E-state index in [1.54, 1.807) is 12.1 Å². The molecule has 1 rings (SSSR count). The Labute approximate surface area is 172 Å². The van der Waals surface area contributed by atoms with Crippen molar-refractivity contribution < 1.29 is 23.5 Å². The number of benzene rings is 1. The van der Waals surface area contributed by atoms with Crippen LogP contribution in [0.25, 0.3) is 0 Å². The van der Waals surface area contributed by atoms with Crippen LogP contribution in [0.3, 0.4) is 0 Å². The van der Waals surface area contributed by atoms with E-state index in [9.17, 15) is 18.8 Å². The molecule has 6 nitrogen and oxygen atoms in total. The number of carbonyl (C=O) groups excluding carboxylic acids is 3. The Morgan fingerprint density at radius 1 is 0.966 bits per heavy atom. The molecule has 2 amide bonds. The Kier molecular flexibility index (Phi) is 11.6. The molecule has 29 heavy (non-hydrogen) atoms. The van der Waals surface area contributed by atoms with E-state index in [2.05, 4.69) is 17.6 Å². The van der Waals surface area contributed by atoms with E-state index in [-0.39, 0.29) is 18.1 Å². The van der Waals surface area contributed by atoms with Gasteiger partial charge in [0.05, 0.1) is 7.11 Å². The first-order valence-corrected chi connectivity index (χ1v) is 10.3. The number of amides is 2. The van der Waals surface area contributed by atoms with Crippen LogP contribution in [0.1, 0.15) is 64.4 Å². The Hall–Kier alpha value is -2.44. The summed E-state index contributed by atoms with van der Waals surface area (Å²) in [6.45, 7) is 3.47. The van der Waals surface area contributed by atoms with Crippen LogP contribution in [-0.4, -0.2) is 37.0 Å². The molecule has 1 aromatic carbocycles. The molecule has 0 spiro atoms. The minimum absolute atomic E-state index is 0.191. The summed E-state index contributed by atoms with van der Waals surface area (Å²) in [4.78, 5) is 36.4. The largest absolute Gasteiger partial charge is 0.467 e. The lowest BCUT2D eigenvalue weighted by Crippen LogP contribution is -2.52. The number of ether oxygens (including phenoxy) is 1. The van der Waals surface area contributed by atoms with Crippen molar-refractivity contribution in [3.8, 4) is 0 Å². The average Bonchev–Trinajstić information content (AvgIpc) is 2.69. The van der Waals surface area contributed by atoms with E-state index in [1.165, 1.54) is 39.0 Å². The average molecular weight is 409 g/mol. The number of unbranched alkanes of at least 4 members (excludes halogenated alkanes) is 5. The summed E-state index contributed by atoms with van der Waals surface area (Å²) in [7, 11) is 1.28. The number of hydrogen-bond acceptors (Lipinski definition) is 4. The second-order valence-electron chi connectivity index (χ2n) is 7.22. The van der Waals surface area contributed by atoms with Gasteiger partial charge < -0.3 is 15.4 Å². The van der Waals surface area contributed by atoms with Crippen molar-refractivity contribution in [3.63, 3.8) is 0 Å². The highest BCUT2D eigenvalue weighted by atomic mass is 19.1. The first kappa shape index (κ1) is 24.6. The summed E-state index contributed by atoms with van der Waals surface area (Å²) in [5.41, 5.74) is 0.700. The van der Waals surface area contributed by atoms with Crippen molar-refractivity contribution >= 4 is 17.8 Å². The third-order valence-corrected chi connectivity index (χ3v) is 4.70. The molecule has 0 aliphatic heterocycles. The number of halogens is 1. The Balaban J connectivity index is 2.70. The van der Waals surface area contributed by atoms with E-state index in [0.29, 0.717) is 12.0 Å². The van der Waals surface area contributed by atoms with Crippen LogP contribution in [-0.2, 0) is 25.5 Å². The van der Waals surface area contributed by atoms with E-state index in [4.69, 9.17) is 4.74 Å². The van der Waals surface area contributed by atoms with Crippen LogP contribution >= 0.6 is 0 Å². The normalized spacial score (nSPS) is 12.7. The molecule has 0 radical (unpaired) electrons. The molecule has 1 aromatic rings. The van der Waals surface area contributed by atoms with Crippen molar-refractivity contribution in [2.24, 2.45) is 0 Å². The second kappa shape index (κ2) is 13.7. The molecule has 0 aliphatic carbocycles. The fourth-order valence-electron chi connectivity index (χ4n) is 3.10. The monoisotopic (exact) mass is 408 g/mol. The number of carbonyl (C=O) groups is 3. The number of nitrogens with one attached hydrogen (secondary N) is 2. The number of hydrogen-bond donors (Lipinski definition) is 2. The molecule has 0 saturated heterocycles. The molecular formula is C22H33FN2O4. The number of methoxy groups -OCH3 is 1. The van der Waals surface area contributed by atoms with Gasteiger partial charge in [0.2, 0.25) is 11.8 Å². The lowest BCUT2D eigenvalue weighted by molar-refractivity contribution is -0.145. The molecule has 0 bridgehead atoms. The Bertz CT molecular complexity index is 649. The highest BCUT2D eigenvalue weighted by molar-refractivity contribution is 5.90. The summed E-state index contributed by atoms with van der Waals surface area (Å²) >= 11 is 0. The lowest BCUT2D eigenvalue weighted by Gasteiger charge is -2.22. The van der Waals surface area contributed by atoms with Crippen LogP contribution in [0, 0.1) is 5.82 Å². The first-order chi connectivity index (χ1) is 13.9. The highest BCUT2D eigenvalue weighted by Crippen LogP contribution is 2.11. The highest BCUT2D eigenvalue weighted by Gasteiger charge is 2.26. The third-order valence-electron chi connectivity index (χ3n) is 4.70. The molecule has 0 saturated carbocycles. The molecule has 7 heteroatoms. The van der Waals surface area contributed by atoms with Crippen molar-refractivity contribution in [2.75, 3.05) is 7.11 Å². The van der Waals surface area contributed by atoms with Crippen LogP contribution < -0.4 is 10.6 Å². The quantitative estimate of drug-likeness (QED) is 0.387. The number of rotatable bonds is 13. The van der Waals surface area contributed by atoms with Crippen molar-refractivity contribution in [2.45, 2.75) is 77.3 Å². The van der Waals surface area contributed by atoms with Gasteiger partial charge in [-0.1, -0.05) is 57.6 Å². The van der Waals surface area contributed by atoms with Crippen LogP contribution in [0.2, 0.25) is 0 Å². The van der Waals surface area contributed by atoms with Gasteiger partial charge in [0.1, 0.15) is 17.9 Å². The van der Waals surface area contributed by atoms with E-state index in [1.807, 2.05) is 0 Å². The SMILES string of the molecule is CCCCCCCC[C@@H](NC(=O)[C@@H](Cc1ccc(F)cc1)NC(C)=O)C(=O)OC. The summed E-state index contributed by atoms with van der Waals surface area (Å²) in [5.74, 6) is -1.71. The van der Waals surface area contributed by atoms with Gasteiger partial charge in [-0.25, -0.2) is 9.18 Å². The molecule has 0 heterocycles. The predicted molar refractivity (Wildman–Crippen MR) is 110 cm³/mol. The molecule has 0 aromatic heterocycles. The second-order valence-corrected chi connectivity index (χ2v) is 7.22. The summed E-state index contributed by atoms with van der Waals surface area (Å²) in [6, 6.07) is 4.09. The summed E-state index contributed by atoms with van der Waals surface area (Å²) in [6.07, 6.45) is 7.06. The van der Waals surface area contributed by atoms with E-state index in [0.717, 1.165) is 25.7 Å². The lowest BCUT2D eigenvalue weighted by atomic mass is 10.0. The molecule has 0 aliphatic rings. The maximum absolute atomic E-state index is 13.1. The third kappa shape index (κ3) is 10.1. The maximum Gasteiger partial charge on any atom is 0.328 e. The van der Waals surface area contributed by atoms with Gasteiger partial charge in [-0.2, -0.15) is 0 Å². The Morgan fingerprint density at radius 2 is 1.59 bits per heavy atom. The molecule has 2 atom stereocenters. The van der Waals surface area contributed by atoms with E-state index >= 15 is 0 Å². The van der Waals surface area contributed by atoms with Gasteiger partial charge in [0.15, 0.2) is 0 Å². The van der Waals surface area contributed by atoms with Crippen molar-refractivity contribution in [1.29, 1.82) is 0 Å². The fraction of sp³-hybridized carbons (Fsp3) is 0.591. The summed E-state index contributed by atoms with van der Waals surface area (Å²) < 4.78 is 17.9. The zero-order valence-electron chi connectivity index (χ0n) is 17.6. The standard InChI is InChI=1S/C22H33FN2O4/c1-4-5-6-7-8-9-10-19(22(28)29-3)25-21(27)20(24-16(2)26)15-17-11-13-18(23)14-12-17/h11-14,19-20H,4-10,15H2,1-3H3,(H,24,26)(H,25,27)/t19-,20-/m1/s1. The molecule has 162 valence electrons. The zero-order valence-corrected chi connectivity index (χ0v) is 17.6. The fourth-order valence-corrected chi connectivity index (χ4v) is 3.10. The topological polar surface area (TPSA) is 84.5 Å². The summed E-state index contributed by atoms with van der Waals surface area (Å²) in [5, 5.41) is 5.30. The van der Waals surface area contributed by atoms with E-state index < -0.39 is 24.0 Å². The minimum Gasteiger partial charge on any atom is -0.467 e. The van der Waals surface area contributed by atoms with Gasteiger partial charge in [-0.3, -0.25) is 9.59 Å². The smallest absolute Gasteiger partial charge is 0.328 e. The number of esters is 1. The molecular weight excluding hydrogens is 375 g/mol. The molecule has 2 N–H and O–H groups in total. The van der Waals surface area contributed by atoms with Gasteiger partial charge in [0.25, 0.3) is 0 Å². The van der Waals surface area contributed by atoms with Gasteiger partial charge in [-0.05, 0) is 24.1 Å². The minimum atomic E-state index is -0.866. The van der Waals surface area contributed by atoms with Gasteiger partial charge >= 0.3 is 5.97 Å². The van der Waals surface area contributed by atoms with Crippen molar-refractivity contribution in [1.82, 2.24) is 10.6 Å². The molecule has 0 fully saturated rings. The van der Waals surface area contributed by atoms with Crippen LogP contribution in [0.4, 0.5) is 4.39 Å².